The van der Waals surface area contributed by atoms with Crippen LogP contribution < -0.4 is 5.73 Å². The van der Waals surface area contributed by atoms with Crippen molar-refractivity contribution in [2.24, 2.45) is 5.73 Å². The van der Waals surface area contributed by atoms with E-state index >= 15 is 0 Å². The van der Waals surface area contributed by atoms with Gasteiger partial charge in [-0.05, 0) is 6.54 Å². The predicted molar refractivity (Wildman–Crippen MR) is 51.6 cm³/mol. The number of H-pyrrole nitrogens is 1. The first-order chi connectivity index (χ1) is 6.79. The Morgan fingerprint density at radius 2 is 2.29 bits per heavy atom. The number of hydrogen-bond acceptors (Lipinski definition) is 4. The van der Waals surface area contributed by atoms with Crippen molar-refractivity contribution in [1.29, 1.82) is 0 Å². The summed E-state index contributed by atoms with van der Waals surface area (Å²) in [5.74, 6) is 2.23. The molecule has 0 saturated carbocycles. The normalized spacial score (nSPS) is 10.7. The fourth-order valence-corrected chi connectivity index (χ4v) is 1.24. The molecule has 5 heteroatoms. The van der Waals surface area contributed by atoms with Crippen LogP contribution in [0.3, 0.4) is 0 Å². The van der Waals surface area contributed by atoms with Crippen LogP contribution in [0, 0.1) is 6.92 Å². The molecule has 0 aliphatic heterocycles. The number of aryl methyl sites for hydroxylation is 1. The summed E-state index contributed by atoms with van der Waals surface area (Å²) in [6.07, 6.45) is 4.15. The second-order valence-corrected chi connectivity index (χ2v) is 3.03. The van der Waals surface area contributed by atoms with Crippen molar-refractivity contribution < 1.29 is 4.42 Å². The molecule has 2 aromatic rings. The lowest BCUT2D eigenvalue weighted by atomic mass is 10.4. The molecule has 0 unspecified atom stereocenters. The van der Waals surface area contributed by atoms with Crippen LogP contribution in [-0.2, 0) is 6.42 Å². The molecule has 0 atom stereocenters. The first kappa shape index (κ1) is 8.96. The highest BCUT2D eigenvalue weighted by molar-refractivity contribution is 5.49. The number of nitrogens with two attached hydrogens (primary N) is 1. The van der Waals surface area contributed by atoms with Gasteiger partial charge in [0.05, 0.1) is 12.4 Å². The van der Waals surface area contributed by atoms with Gasteiger partial charge in [-0.25, -0.2) is 9.97 Å². The summed E-state index contributed by atoms with van der Waals surface area (Å²) in [6, 6.07) is 0. The molecule has 0 radical (unpaired) electrons. The van der Waals surface area contributed by atoms with Gasteiger partial charge in [0.25, 0.3) is 0 Å². The van der Waals surface area contributed by atoms with Gasteiger partial charge in [-0.15, -0.1) is 0 Å². The van der Waals surface area contributed by atoms with Crippen molar-refractivity contribution >= 4 is 0 Å². The fourth-order valence-electron chi connectivity index (χ4n) is 1.24. The number of aromatic nitrogens is 3. The number of rotatable bonds is 3. The number of nitrogens with one attached hydrogen (secondary N) is 1. The van der Waals surface area contributed by atoms with E-state index in [4.69, 9.17) is 10.2 Å². The lowest BCUT2D eigenvalue weighted by Gasteiger charge is -1.90. The second-order valence-electron chi connectivity index (χ2n) is 3.03. The van der Waals surface area contributed by atoms with Crippen molar-refractivity contribution in [1.82, 2.24) is 15.0 Å². The quantitative estimate of drug-likeness (QED) is 0.756. The van der Waals surface area contributed by atoms with E-state index in [1.807, 2.05) is 0 Å². The Hall–Kier alpha value is -1.62. The van der Waals surface area contributed by atoms with Crippen LogP contribution in [0.4, 0.5) is 0 Å². The second kappa shape index (κ2) is 3.63. The average Bonchev–Trinajstić information content (AvgIpc) is 2.74. The van der Waals surface area contributed by atoms with Gasteiger partial charge in [0.2, 0.25) is 0 Å². The zero-order valence-electron chi connectivity index (χ0n) is 7.95. The van der Waals surface area contributed by atoms with Crippen LogP contribution >= 0.6 is 0 Å². The molecule has 2 rings (SSSR count). The van der Waals surface area contributed by atoms with E-state index in [-0.39, 0.29) is 0 Å². The highest BCUT2D eigenvalue weighted by Gasteiger charge is 2.06. The number of nitrogens with zero attached hydrogens (tertiary/aromatic N) is 2. The molecule has 14 heavy (non-hydrogen) atoms. The van der Waals surface area contributed by atoms with Gasteiger partial charge in [0, 0.05) is 13.3 Å². The molecule has 0 aliphatic carbocycles. The standard InChI is InChI=1S/C9H12N4O/c1-6-11-5-8(14-6)7-4-12-9(13-7)2-3-10/h4-5H,2-3,10H2,1H3,(H,12,13). The van der Waals surface area contributed by atoms with Crippen LogP contribution in [0.25, 0.3) is 11.5 Å². The zero-order valence-corrected chi connectivity index (χ0v) is 7.95. The molecule has 2 aromatic heterocycles. The Kier molecular flexibility index (Phi) is 2.32. The zero-order chi connectivity index (χ0) is 9.97. The highest BCUT2D eigenvalue weighted by Crippen LogP contribution is 2.17. The van der Waals surface area contributed by atoms with Gasteiger partial charge >= 0.3 is 0 Å². The number of oxazole rings is 1. The molecular formula is C9H12N4O. The monoisotopic (exact) mass is 192 g/mol. The first-order valence-corrected chi connectivity index (χ1v) is 4.46. The Bertz CT molecular complexity index is 418. The molecule has 74 valence electrons. The highest BCUT2D eigenvalue weighted by atomic mass is 16.4. The summed E-state index contributed by atoms with van der Waals surface area (Å²) in [5, 5.41) is 0. The third kappa shape index (κ3) is 1.67. The number of aromatic amines is 1. The van der Waals surface area contributed by atoms with Gasteiger partial charge in [-0.1, -0.05) is 0 Å². The van der Waals surface area contributed by atoms with E-state index in [1.165, 1.54) is 0 Å². The van der Waals surface area contributed by atoms with Crippen LogP contribution in [0.5, 0.6) is 0 Å². The molecule has 0 aliphatic rings. The SMILES string of the molecule is Cc1ncc(-c2cnc(CCN)[nH]2)o1. The maximum Gasteiger partial charge on any atom is 0.191 e. The van der Waals surface area contributed by atoms with Crippen LogP contribution in [-0.4, -0.2) is 21.5 Å². The minimum atomic E-state index is 0.586. The lowest BCUT2D eigenvalue weighted by molar-refractivity contribution is 0.533. The Morgan fingerprint density at radius 3 is 2.93 bits per heavy atom. The smallest absolute Gasteiger partial charge is 0.191 e. The van der Waals surface area contributed by atoms with Gasteiger partial charge in [-0.3, -0.25) is 0 Å². The molecule has 0 fully saturated rings. The maximum atomic E-state index is 5.42. The Labute approximate surface area is 81.4 Å². The minimum Gasteiger partial charge on any atom is -0.439 e. The third-order valence-corrected chi connectivity index (χ3v) is 1.90. The lowest BCUT2D eigenvalue weighted by Crippen LogP contribution is -2.03. The number of imidazole rings is 1. The molecule has 2 heterocycles. The summed E-state index contributed by atoms with van der Waals surface area (Å²) in [4.78, 5) is 11.3. The maximum absolute atomic E-state index is 5.42. The van der Waals surface area contributed by atoms with Crippen molar-refractivity contribution in [3.63, 3.8) is 0 Å². The third-order valence-electron chi connectivity index (χ3n) is 1.90. The summed E-state index contributed by atoms with van der Waals surface area (Å²) in [5.41, 5.74) is 6.26. The van der Waals surface area contributed by atoms with Crippen molar-refractivity contribution in [3.8, 4) is 11.5 Å². The Balaban J connectivity index is 2.24. The molecule has 0 spiro atoms. The van der Waals surface area contributed by atoms with Crippen molar-refractivity contribution in [3.05, 3.63) is 24.1 Å². The van der Waals surface area contributed by atoms with Gasteiger partial charge < -0.3 is 15.1 Å². The van der Waals surface area contributed by atoms with E-state index in [0.717, 1.165) is 17.9 Å². The van der Waals surface area contributed by atoms with Crippen LogP contribution in [0.15, 0.2) is 16.8 Å². The molecule has 0 saturated heterocycles. The number of hydrogen-bond donors (Lipinski definition) is 2. The summed E-state index contributed by atoms with van der Waals surface area (Å²) >= 11 is 0. The van der Waals surface area contributed by atoms with Gasteiger partial charge in [0.15, 0.2) is 11.7 Å². The van der Waals surface area contributed by atoms with E-state index < -0.39 is 0 Å². The van der Waals surface area contributed by atoms with E-state index in [2.05, 4.69) is 15.0 Å². The largest absolute Gasteiger partial charge is 0.439 e. The molecule has 0 amide bonds. The predicted octanol–water partition coefficient (Wildman–Crippen LogP) is 0.874. The molecule has 0 aromatic carbocycles. The molecule has 3 N–H and O–H groups in total. The summed E-state index contributed by atoms with van der Waals surface area (Å²) in [7, 11) is 0. The molecule has 5 nitrogen and oxygen atoms in total. The van der Waals surface area contributed by atoms with E-state index in [1.54, 1.807) is 19.3 Å². The summed E-state index contributed by atoms with van der Waals surface area (Å²) < 4.78 is 5.35. The van der Waals surface area contributed by atoms with Gasteiger partial charge in [0.1, 0.15) is 11.5 Å². The van der Waals surface area contributed by atoms with E-state index in [0.29, 0.717) is 18.2 Å². The first-order valence-electron chi connectivity index (χ1n) is 4.46. The van der Waals surface area contributed by atoms with Crippen LogP contribution in [0.1, 0.15) is 11.7 Å². The topological polar surface area (TPSA) is 80.7 Å². The fraction of sp³-hybridized carbons (Fsp3) is 0.333. The van der Waals surface area contributed by atoms with Gasteiger partial charge in [-0.2, -0.15) is 0 Å². The van der Waals surface area contributed by atoms with Crippen LogP contribution in [0.2, 0.25) is 0 Å². The van der Waals surface area contributed by atoms with Crippen molar-refractivity contribution in [2.45, 2.75) is 13.3 Å². The molecular weight excluding hydrogens is 180 g/mol. The average molecular weight is 192 g/mol. The van der Waals surface area contributed by atoms with Crippen molar-refractivity contribution in [2.75, 3.05) is 6.54 Å². The Morgan fingerprint density at radius 1 is 1.43 bits per heavy atom. The minimum absolute atomic E-state index is 0.586. The summed E-state index contributed by atoms with van der Waals surface area (Å²) in [6.45, 7) is 2.39. The molecule has 0 bridgehead atoms. The van der Waals surface area contributed by atoms with E-state index in [9.17, 15) is 0 Å².